The Kier molecular flexibility index (Phi) is 3.64. The maximum atomic E-state index is 10.3. The number of aromatic amines is 1. The van der Waals surface area contributed by atoms with Gasteiger partial charge in [0.25, 0.3) is 0 Å². The van der Waals surface area contributed by atoms with Gasteiger partial charge in [-0.1, -0.05) is 22.0 Å². The topological polar surface area (TPSA) is 82.3 Å². The van der Waals surface area contributed by atoms with Gasteiger partial charge >= 0.3 is 0 Å². The maximum Gasteiger partial charge on any atom is 0.130 e. The van der Waals surface area contributed by atoms with Crippen LogP contribution in [0.3, 0.4) is 0 Å². The lowest BCUT2D eigenvalue weighted by molar-refractivity contribution is 0.0107. The van der Waals surface area contributed by atoms with Crippen molar-refractivity contribution in [3.8, 4) is 0 Å². The molecule has 114 valence electrons. The van der Waals surface area contributed by atoms with Crippen molar-refractivity contribution < 1.29 is 10.2 Å². The Labute approximate surface area is 132 Å². The number of hydrogen-bond acceptors (Lipinski definition) is 3. The lowest BCUT2D eigenvalue weighted by Gasteiger charge is -2.32. The van der Waals surface area contributed by atoms with Crippen molar-refractivity contribution in [1.29, 1.82) is 0 Å². The van der Waals surface area contributed by atoms with Crippen LogP contribution >= 0.6 is 15.9 Å². The monoisotopic (exact) mass is 352 g/mol. The molecule has 1 heterocycles. The number of fused-ring (bicyclic) bond motifs is 3. The van der Waals surface area contributed by atoms with Crippen LogP contribution in [0.25, 0.3) is 10.9 Å². The first kappa shape index (κ1) is 15.0. The number of aryl methyl sites for hydroxylation is 1. The van der Waals surface area contributed by atoms with Crippen molar-refractivity contribution in [2.75, 3.05) is 0 Å². The molecule has 0 aliphatic heterocycles. The van der Waals surface area contributed by atoms with E-state index < -0.39 is 11.8 Å². The average molecular weight is 353 g/mol. The second kappa shape index (κ2) is 5.09. The Hall–Kier alpha value is -0.880. The number of aliphatic hydroxyl groups is 2. The van der Waals surface area contributed by atoms with Crippen LogP contribution in [-0.2, 0) is 12.8 Å². The van der Waals surface area contributed by atoms with E-state index in [1.165, 1.54) is 5.56 Å². The van der Waals surface area contributed by atoms with Gasteiger partial charge in [0.15, 0.2) is 0 Å². The smallest absolute Gasteiger partial charge is 0.130 e. The van der Waals surface area contributed by atoms with Gasteiger partial charge in [-0.3, -0.25) is 0 Å². The highest BCUT2D eigenvalue weighted by Gasteiger charge is 2.32. The molecule has 5 heteroatoms. The van der Waals surface area contributed by atoms with Crippen molar-refractivity contribution >= 4 is 26.8 Å². The molecular weight excluding hydrogens is 332 g/mol. The second-order valence-corrected chi connectivity index (χ2v) is 7.36. The minimum Gasteiger partial charge on any atom is -0.390 e. The van der Waals surface area contributed by atoms with Crippen molar-refractivity contribution in [2.45, 2.75) is 44.9 Å². The van der Waals surface area contributed by atoms with Gasteiger partial charge in [-0.05, 0) is 50.7 Å². The number of nitrogens with one attached hydrogen (secondary N) is 1. The largest absolute Gasteiger partial charge is 0.390 e. The third-order valence-corrected chi connectivity index (χ3v) is 5.30. The first-order valence-electron chi connectivity index (χ1n) is 7.27. The molecule has 3 rings (SSSR count). The lowest BCUT2D eigenvalue weighted by atomic mass is 9.78. The molecule has 0 spiro atoms. The van der Waals surface area contributed by atoms with E-state index in [-0.39, 0.29) is 5.92 Å². The fourth-order valence-corrected chi connectivity index (χ4v) is 3.94. The molecule has 2 atom stereocenters. The fraction of sp³-hybridized carbons (Fsp3) is 0.500. The Balaban J connectivity index is 2.15. The average Bonchev–Trinajstić information content (AvgIpc) is 2.76. The zero-order valence-electron chi connectivity index (χ0n) is 12.3. The molecule has 0 saturated carbocycles. The summed E-state index contributed by atoms with van der Waals surface area (Å²) >= 11 is 3.60. The third kappa shape index (κ3) is 2.52. The summed E-state index contributed by atoms with van der Waals surface area (Å²) in [4.78, 5) is 3.43. The van der Waals surface area contributed by atoms with Crippen molar-refractivity contribution in [3.05, 3.63) is 33.4 Å². The highest BCUT2D eigenvalue weighted by molar-refractivity contribution is 9.10. The van der Waals surface area contributed by atoms with E-state index >= 15 is 0 Å². The summed E-state index contributed by atoms with van der Waals surface area (Å²) in [6.07, 6.45) is 1.71. The molecule has 1 aromatic carbocycles. The predicted octanol–water partition coefficient (Wildman–Crippen LogP) is 2.76. The number of halogens is 1. The summed E-state index contributed by atoms with van der Waals surface area (Å²) < 4.78 is 1.01. The van der Waals surface area contributed by atoms with Gasteiger partial charge in [-0.25, -0.2) is 0 Å². The standard InChI is InChI=1S/C16H21BrN2O2/c1-16(2,21)8-3-4-9-12(7-8)19-14-10(15(18)20)5-6-11(17)13(9)14/h5-6,8,15,19-21H,3-4,7,18H2,1-2H3/t8-,15?/m1/s1. The molecule has 0 radical (unpaired) electrons. The molecule has 1 aromatic heterocycles. The molecule has 0 fully saturated rings. The molecule has 21 heavy (non-hydrogen) atoms. The van der Waals surface area contributed by atoms with Gasteiger partial charge in [-0.2, -0.15) is 0 Å². The number of aromatic nitrogens is 1. The van der Waals surface area contributed by atoms with Crippen LogP contribution in [0.2, 0.25) is 0 Å². The Morgan fingerprint density at radius 3 is 2.76 bits per heavy atom. The van der Waals surface area contributed by atoms with Gasteiger partial charge in [0, 0.05) is 21.1 Å². The van der Waals surface area contributed by atoms with E-state index in [9.17, 15) is 10.2 Å². The molecule has 1 aliphatic carbocycles. The highest BCUT2D eigenvalue weighted by atomic mass is 79.9. The molecule has 1 unspecified atom stereocenters. The van der Waals surface area contributed by atoms with Crippen LogP contribution in [0, 0.1) is 5.92 Å². The highest BCUT2D eigenvalue weighted by Crippen LogP contribution is 2.40. The molecular formula is C16H21BrN2O2. The number of hydrogen-bond donors (Lipinski definition) is 4. The minimum atomic E-state index is -0.995. The molecule has 0 bridgehead atoms. The van der Waals surface area contributed by atoms with E-state index in [2.05, 4.69) is 20.9 Å². The summed E-state index contributed by atoms with van der Waals surface area (Å²) in [7, 11) is 0. The van der Waals surface area contributed by atoms with E-state index in [0.717, 1.165) is 40.3 Å². The lowest BCUT2D eigenvalue weighted by Crippen LogP contribution is -2.34. The quantitative estimate of drug-likeness (QED) is 0.627. The number of nitrogens with two attached hydrogens (primary N) is 1. The first-order valence-corrected chi connectivity index (χ1v) is 8.06. The Bertz CT molecular complexity index is 686. The number of H-pyrrole nitrogens is 1. The molecule has 2 aromatic rings. The molecule has 1 aliphatic rings. The van der Waals surface area contributed by atoms with Crippen LogP contribution in [0.5, 0.6) is 0 Å². The normalized spacial score (nSPS) is 20.6. The SMILES string of the molecule is CC(C)(O)[C@@H]1CCc2c([nH]c3c(C(N)O)ccc(Br)c23)C1. The van der Waals surface area contributed by atoms with Crippen molar-refractivity contribution in [1.82, 2.24) is 4.98 Å². The van der Waals surface area contributed by atoms with Gasteiger partial charge in [0.1, 0.15) is 6.23 Å². The van der Waals surface area contributed by atoms with Crippen LogP contribution in [0.4, 0.5) is 0 Å². The van der Waals surface area contributed by atoms with Crippen LogP contribution < -0.4 is 5.73 Å². The third-order valence-electron chi connectivity index (χ3n) is 4.64. The minimum absolute atomic E-state index is 0.239. The zero-order chi connectivity index (χ0) is 15.4. The first-order chi connectivity index (χ1) is 9.79. The van der Waals surface area contributed by atoms with Crippen LogP contribution in [0.15, 0.2) is 16.6 Å². The van der Waals surface area contributed by atoms with Crippen molar-refractivity contribution in [3.63, 3.8) is 0 Å². The molecule has 0 saturated heterocycles. The summed E-state index contributed by atoms with van der Waals surface area (Å²) in [6.45, 7) is 3.74. The fourth-order valence-electron chi connectivity index (χ4n) is 3.37. The van der Waals surface area contributed by atoms with Crippen LogP contribution in [0.1, 0.15) is 43.3 Å². The van der Waals surface area contributed by atoms with Gasteiger partial charge < -0.3 is 20.9 Å². The van der Waals surface area contributed by atoms with Gasteiger partial charge in [-0.15, -0.1) is 0 Å². The van der Waals surface area contributed by atoms with E-state index in [4.69, 9.17) is 5.73 Å². The van der Waals surface area contributed by atoms with E-state index in [1.54, 1.807) is 0 Å². The Morgan fingerprint density at radius 2 is 2.14 bits per heavy atom. The van der Waals surface area contributed by atoms with Gasteiger partial charge in [0.2, 0.25) is 0 Å². The van der Waals surface area contributed by atoms with Crippen molar-refractivity contribution in [2.24, 2.45) is 11.7 Å². The number of benzene rings is 1. The van der Waals surface area contributed by atoms with Crippen LogP contribution in [-0.4, -0.2) is 20.8 Å². The summed E-state index contributed by atoms with van der Waals surface area (Å²) in [6, 6.07) is 3.77. The number of rotatable bonds is 2. The van der Waals surface area contributed by atoms with E-state index in [0.29, 0.717) is 5.56 Å². The molecule has 5 N–H and O–H groups in total. The predicted molar refractivity (Wildman–Crippen MR) is 87.0 cm³/mol. The summed E-state index contributed by atoms with van der Waals surface area (Å²) in [5, 5.41) is 21.1. The summed E-state index contributed by atoms with van der Waals surface area (Å²) in [5.41, 5.74) is 9.03. The summed E-state index contributed by atoms with van der Waals surface area (Å²) in [5.74, 6) is 0.239. The second-order valence-electron chi connectivity index (χ2n) is 6.51. The van der Waals surface area contributed by atoms with Gasteiger partial charge in [0.05, 0.1) is 11.1 Å². The molecule has 4 nitrogen and oxygen atoms in total. The van der Waals surface area contributed by atoms with E-state index in [1.807, 2.05) is 26.0 Å². The zero-order valence-corrected chi connectivity index (χ0v) is 13.9. The number of aliphatic hydroxyl groups excluding tert-OH is 1. The molecule has 0 amide bonds. The maximum absolute atomic E-state index is 10.3. The Morgan fingerprint density at radius 1 is 1.43 bits per heavy atom.